The summed E-state index contributed by atoms with van der Waals surface area (Å²) in [6.07, 6.45) is 2.81. The molecule has 0 saturated carbocycles. The molecule has 174 valence electrons. The maximum Gasteiger partial charge on any atom is 0.341 e. The number of ether oxygens (including phenoxy) is 3. The highest BCUT2D eigenvalue weighted by Crippen LogP contribution is 2.40. The van der Waals surface area contributed by atoms with Crippen molar-refractivity contribution in [3.05, 3.63) is 39.8 Å². The van der Waals surface area contributed by atoms with Gasteiger partial charge in [0.15, 0.2) is 11.5 Å². The Bertz CT molecular complexity index is 972. The van der Waals surface area contributed by atoms with Crippen molar-refractivity contribution in [3.63, 3.8) is 0 Å². The molecule has 1 N–H and O–H groups in total. The molecule has 1 heterocycles. The highest BCUT2D eigenvalue weighted by molar-refractivity contribution is 7.17. The maximum atomic E-state index is 12.8. The second-order valence-electron chi connectivity index (χ2n) is 8.19. The van der Waals surface area contributed by atoms with Crippen LogP contribution in [0.3, 0.4) is 0 Å². The summed E-state index contributed by atoms with van der Waals surface area (Å²) in [5.41, 5.74) is 2.58. The number of fused-ring (bicyclic) bond motifs is 1. The average molecular weight is 461 g/mol. The normalized spacial score (nSPS) is 15.2. The van der Waals surface area contributed by atoms with Crippen molar-refractivity contribution >= 4 is 28.2 Å². The number of rotatable bonds is 9. The molecule has 1 unspecified atom stereocenters. The number of likely N-dealkylation sites (N-methyl/N-ethyl adjacent to an activating group) is 1. The van der Waals surface area contributed by atoms with E-state index in [9.17, 15) is 9.59 Å². The van der Waals surface area contributed by atoms with Crippen molar-refractivity contribution in [3.8, 4) is 11.5 Å². The van der Waals surface area contributed by atoms with E-state index in [1.165, 1.54) is 16.2 Å². The predicted octanol–water partition coefficient (Wildman–Crippen LogP) is 4.14. The highest BCUT2D eigenvalue weighted by atomic mass is 32.1. The van der Waals surface area contributed by atoms with Crippen molar-refractivity contribution < 1.29 is 23.8 Å². The predicted molar refractivity (Wildman–Crippen MR) is 126 cm³/mol. The number of anilines is 1. The summed E-state index contributed by atoms with van der Waals surface area (Å²) in [4.78, 5) is 28.5. The third-order valence-electron chi connectivity index (χ3n) is 5.56. The van der Waals surface area contributed by atoms with Gasteiger partial charge in [-0.25, -0.2) is 4.79 Å². The van der Waals surface area contributed by atoms with Crippen LogP contribution in [-0.4, -0.2) is 51.2 Å². The zero-order chi connectivity index (χ0) is 23.3. The number of amides is 1. The van der Waals surface area contributed by atoms with E-state index in [-0.39, 0.29) is 18.4 Å². The van der Waals surface area contributed by atoms with Crippen LogP contribution >= 0.6 is 11.3 Å². The number of carbonyl (C=O) groups is 2. The molecular weight excluding hydrogens is 428 g/mol. The summed E-state index contributed by atoms with van der Waals surface area (Å²) in [5, 5.41) is 3.58. The first kappa shape index (κ1) is 24.1. The van der Waals surface area contributed by atoms with Crippen LogP contribution in [0.2, 0.25) is 0 Å². The minimum atomic E-state index is -0.353. The number of carbonyl (C=O) groups excluding carboxylic acids is 2. The summed E-state index contributed by atoms with van der Waals surface area (Å²) >= 11 is 1.51. The fraction of sp³-hybridized carbons (Fsp3) is 0.500. The Hall–Kier alpha value is -2.58. The van der Waals surface area contributed by atoms with Gasteiger partial charge in [0, 0.05) is 11.4 Å². The van der Waals surface area contributed by atoms with E-state index in [2.05, 4.69) is 12.2 Å². The third-order valence-corrected chi connectivity index (χ3v) is 6.73. The highest BCUT2D eigenvalue weighted by Gasteiger charge is 2.29. The number of methoxy groups -OCH3 is 2. The molecule has 0 radical (unpaired) electrons. The molecule has 1 aliphatic carbocycles. The smallest absolute Gasteiger partial charge is 0.341 e. The van der Waals surface area contributed by atoms with E-state index in [0.717, 1.165) is 30.4 Å². The number of hydrogen-bond acceptors (Lipinski definition) is 7. The molecule has 1 atom stereocenters. The first-order valence-electron chi connectivity index (χ1n) is 10.9. The minimum absolute atomic E-state index is 0.162. The summed E-state index contributed by atoms with van der Waals surface area (Å²) in [6.45, 7) is 5.07. The van der Waals surface area contributed by atoms with Gasteiger partial charge in [-0.2, -0.15) is 0 Å². The number of nitrogens with one attached hydrogen (secondary N) is 1. The zero-order valence-corrected chi connectivity index (χ0v) is 20.3. The van der Waals surface area contributed by atoms with Gasteiger partial charge in [0.2, 0.25) is 5.91 Å². The molecule has 1 aromatic carbocycles. The molecule has 32 heavy (non-hydrogen) atoms. The molecule has 7 nitrogen and oxygen atoms in total. The number of esters is 1. The van der Waals surface area contributed by atoms with Crippen LogP contribution in [0, 0.1) is 5.92 Å². The number of thiophene rings is 1. The van der Waals surface area contributed by atoms with E-state index in [0.29, 0.717) is 41.1 Å². The van der Waals surface area contributed by atoms with Crippen molar-refractivity contribution in [1.29, 1.82) is 0 Å². The molecule has 0 aliphatic heterocycles. The zero-order valence-electron chi connectivity index (χ0n) is 19.4. The van der Waals surface area contributed by atoms with Gasteiger partial charge in [0.1, 0.15) is 5.00 Å². The molecule has 1 aromatic heterocycles. The molecule has 0 spiro atoms. The van der Waals surface area contributed by atoms with Crippen LogP contribution in [0.25, 0.3) is 0 Å². The largest absolute Gasteiger partial charge is 0.493 e. The van der Waals surface area contributed by atoms with Crippen molar-refractivity contribution in [2.45, 2.75) is 39.7 Å². The fourth-order valence-electron chi connectivity index (χ4n) is 4.02. The first-order valence-corrected chi connectivity index (χ1v) is 11.7. The third kappa shape index (κ3) is 5.61. The quantitative estimate of drug-likeness (QED) is 0.567. The molecule has 0 bridgehead atoms. The van der Waals surface area contributed by atoms with E-state index in [1.807, 2.05) is 30.1 Å². The second-order valence-corrected chi connectivity index (χ2v) is 9.29. The number of hydrogen-bond donors (Lipinski definition) is 1. The lowest BCUT2D eigenvalue weighted by Crippen LogP contribution is -2.30. The summed E-state index contributed by atoms with van der Waals surface area (Å²) in [5.74, 6) is 1.38. The van der Waals surface area contributed by atoms with Gasteiger partial charge in [0.25, 0.3) is 0 Å². The van der Waals surface area contributed by atoms with E-state index < -0.39 is 0 Å². The van der Waals surface area contributed by atoms with Crippen LogP contribution in [0.15, 0.2) is 18.2 Å². The van der Waals surface area contributed by atoms with Crippen LogP contribution in [0.5, 0.6) is 11.5 Å². The fourth-order valence-corrected chi connectivity index (χ4v) is 5.43. The Balaban J connectivity index is 1.69. The lowest BCUT2D eigenvalue weighted by molar-refractivity contribution is -0.117. The lowest BCUT2D eigenvalue weighted by atomic mass is 9.88. The SMILES string of the molecule is CCOC(=O)c1c(NC(=O)CN(C)Cc2ccc(OC)c(OC)c2)sc2c1CCC(C)C2. The van der Waals surface area contributed by atoms with Crippen LogP contribution < -0.4 is 14.8 Å². The van der Waals surface area contributed by atoms with E-state index >= 15 is 0 Å². The Morgan fingerprint density at radius 3 is 2.66 bits per heavy atom. The monoisotopic (exact) mass is 460 g/mol. The Morgan fingerprint density at radius 2 is 1.97 bits per heavy atom. The summed E-state index contributed by atoms with van der Waals surface area (Å²) < 4.78 is 15.9. The Kier molecular flexibility index (Phi) is 8.15. The van der Waals surface area contributed by atoms with Crippen LogP contribution in [0.4, 0.5) is 5.00 Å². The number of nitrogens with zero attached hydrogens (tertiary/aromatic N) is 1. The van der Waals surface area contributed by atoms with Crippen molar-refractivity contribution in [2.24, 2.45) is 5.92 Å². The van der Waals surface area contributed by atoms with Gasteiger partial charge in [-0.3, -0.25) is 9.69 Å². The molecule has 8 heteroatoms. The second kappa shape index (κ2) is 10.8. The molecule has 0 saturated heterocycles. The topological polar surface area (TPSA) is 77.1 Å². The minimum Gasteiger partial charge on any atom is -0.493 e. The average Bonchev–Trinajstić information content (AvgIpc) is 3.10. The van der Waals surface area contributed by atoms with Gasteiger partial charge in [-0.1, -0.05) is 13.0 Å². The lowest BCUT2D eigenvalue weighted by Gasteiger charge is -2.18. The Morgan fingerprint density at radius 1 is 1.22 bits per heavy atom. The van der Waals surface area contributed by atoms with Gasteiger partial charge >= 0.3 is 5.97 Å². The molecule has 3 rings (SSSR count). The summed E-state index contributed by atoms with van der Waals surface area (Å²) in [7, 11) is 5.08. The molecule has 1 amide bonds. The molecule has 0 fully saturated rings. The Labute approximate surface area is 193 Å². The van der Waals surface area contributed by atoms with E-state index in [1.54, 1.807) is 21.1 Å². The summed E-state index contributed by atoms with van der Waals surface area (Å²) in [6, 6.07) is 5.70. The van der Waals surface area contributed by atoms with Gasteiger partial charge in [-0.05, 0) is 62.4 Å². The van der Waals surface area contributed by atoms with Crippen molar-refractivity contribution in [2.75, 3.05) is 39.7 Å². The van der Waals surface area contributed by atoms with Gasteiger partial charge < -0.3 is 19.5 Å². The van der Waals surface area contributed by atoms with Gasteiger partial charge in [-0.15, -0.1) is 11.3 Å². The van der Waals surface area contributed by atoms with Crippen LogP contribution in [-0.2, 0) is 28.9 Å². The maximum absolute atomic E-state index is 12.8. The number of benzene rings is 1. The standard InChI is InChI=1S/C24H32N2O5S/c1-6-31-24(28)22-17-9-7-15(2)11-20(17)32-23(22)25-21(27)14-26(3)13-16-8-10-18(29-4)19(12-16)30-5/h8,10,12,15H,6-7,9,11,13-14H2,1-5H3,(H,25,27). The van der Waals surface area contributed by atoms with E-state index in [4.69, 9.17) is 14.2 Å². The molecule has 2 aromatic rings. The van der Waals surface area contributed by atoms with Crippen molar-refractivity contribution in [1.82, 2.24) is 4.90 Å². The van der Waals surface area contributed by atoms with Crippen LogP contribution in [0.1, 0.15) is 46.6 Å². The molecule has 1 aliphatic rings. The first-order chi connectivity index (χ1) is 15.4. The van der Waals surface area contributed by atoms with Gasteiger partial charge in [0.05, 0.1) is 32.9 Å². The molecular formula is C24H32N2O5S.